The number of halogens is 2. The summed E-state index contributed by atoms with van der Waals surface area (Å²) >= 11 is 10.3. The van der Waals surface area contributed by atoms with Crippen LogP contribution in [0, 0.1) is 0 Å². The van der Waals surface area contributed by atoms with E-state index in [1.807, 2.05) is 0 Å². The van der Waals surface area contributed by atoms with E-state index < -0.39 is 0 Å². The van der Waals surface area contributed by atoms with Crippen LogP contribution in [0.5, 0.6) is 0 Å². The van der Waals surface area contributed by atoms with Gasteiger partial charge in [-0.1, -0.05) is 0 Å². The lowest BCUT2D eigenvalue weighted by Crippen LogP contribution is -2.12. The first-order chi connectivity index (χ1) is 3.80. The van der Waals surface area contributed by atoms with Crippen molar-refractivity contribution in [3.8, 4) is 0 Å². The topological polar surface area (TPSA) is 46.8 Å². The maximum atomic E-state index is 5.16. The molecule has 0 saturated heterocycles. The summed E-state index contributed by atoms with van der Waals surface area (Å²) in [5, 5.41) is 9.86. The minimum atomic E-state index is 0.708. The van der Waals surface area contributed by atoms with Crippen LogP contribution in [0.25, 0.3) is 0 Å². The lowest BCUT2D eigenvalue weighted by atomic mass is 11.4. The molecule has 0 unspecified atom stereocenters. The molecule has 0 radical (unpaired) electrons. The minimum Gasteiger partial charge on any atom is -0.115 e. The predicted molar refractivity (Wildman–Crippen MR) is 27.7 cm³/mol. The van der Waals surface area contributed by atoms with Crippen LogP contribution in [-0.4, -0.2) is 20.3 Å². The molecular formula is CHCl2N5. The molecule has 1 aromatic rings. The Balaban J connectivity index is 2.77. The van der Waals surface area contributed by atoms with Gasteiger partial charge >= 0.3 is 0 Å². The molecule has 0 spiro atoms. The summed E-state index contributed by atoms with van der Waals surface area (Å²) in [5.41, 5.74) is 0. The molecule has 1 rings (SSSR count). The first kappa shape index (κ1) is 5.58. The Labute approximate surface area is 55.0 Å². The normalized spacial score (nSPS) is 9.25. The van der Waals surface area contributed by atoms with Crippen molar-refractivity contribution in [1.82, 2.24) is 20.3 Å². The van der Waals surface area contributed by atoms with E-state index in [0.29, 0.717) is 4.05 Å². The van der Waals surface area contributed by atoms with E-state index in [9.17, 15) is 0 Å². The quantitative estimate of drug-likeness (QED) is 0.530. The molecule has 0 aromatic carbocycles. The number of hydrogen-bond acceptors (Lipinski definition) is 4. The second-order valence-corrected chi connectivity index (χ2v) is 1.76. The van der Waals surface area contributed by atoms with Crippen LogP contribution in [0.3, 0.4) is 0 Å². The molecule has 0 amide bonds. The highest BCUT2D eigenvalue weighted by Crippen LogP contribution is 1.92. The maximum absolute atomic E-state index is 5.16. The highest BCUT2D eigenvalue weighted by atomic mass is 35.5. The molecule has 0 fully saturated rings. The van der Waals surface area contributed by atoms with E-state index >= 15 is 0 Å². The van der Waals surface area contributed by atoms with Crippen LogP contribution in [0.4, 0.5) is 0 Å². The van der Waals surface area contributed by atoms with E-state index in [4.69, 9.17) is 23.6 Å². The standard InChI is InChI=1S/CHCl2N5/c2-8(3)7-1-4-5-6-7/h1H. The number of aromatic nitrogens is 4. The van der Waals surface area contributed by atoms with Crippen molar-refractivity contribution < 1.29 is 0 Å². The van der Waals surface area contributed by atoms with Gasteiger partial charge in [-0.3, -0.25) is 0 Å². The Morgan fingerprint density at radius 3 is 2.50 bits per heavy atom. The fraction of sp³-hybridized carbons (Fsp3) is 0. The molecule has 0 saturated carbocycles. The average Bonchev–Trinajstić information content (AvgIpc) is 2.12. The van der Waals surface area contributed by atoms with Gasteiger partial charge in [0.25, 0.3) is 0 Å². The van der Waals surface area contributed by atoms with E-state index in [1.54, 1.807) is 0 Å². The van der Waals surface area contributed by atoms with Gasteiger partial charge in [-0.05, 0) is 10.4 Å². The van der Waals surface area contributed by atoms with E-state index in [0.717, 1.165) is 4.79 Å². The Kier molecular flexibility index (Phi) is 1.50. The average molecular weight is 154 g/mol. The van der Waals surface area contributed by atoms with Crippen molar-refractivity contribution in [2.45, 2.75) is 0 Å². The zero-order chi connectivity index (χ0) is 5.98. The Morgan fingerprint density at radius 2 is 2.25 bits per heavy atom. The molecule has 0 aliphatic carbocycles. The van der Waals surface area contributed by atoms with Crippen LogP contribution >= 0.6 is 23.6 Å². The second-order valence-electron chi connectivity index (χ2n) is 0.945. The van der Waals surface area contributed by atoms with Crippen molar-refractivity contribution in [2.75, 3.05) is 4.05 Å². The Bertz CT molecular complexity index is 145. The molecule has 1 heterocycles. The van der Waals surface area contributed by atoms with Crippen LogP contribution in [0.15, 0.2) is 6.33 Å². The SMILES string of the molecule is ClN(Cl)n1cnnn1. The van der Waals surface area contributed by atoms with E-state index in [-0.39, 0.29) is 0 Å². The summed E-state index contributed by atoms with van der Waals surface area (Å²) < 4.78 is 0.708. The Morgan fingerprint density at radius 1 is 1.50 bits per heavy atom. The molecule has 0 bridgehead atoms. The van der Waals surface area contributed by atoms with Crippen molar-refractivity contribution in [1.29, 1.82) is 0 Å². The van der Waals surface area contributed by atoms with E-state index in [1.165, 1.54) is 6.33 Å². The van der Waals surface area contributed by atoms with Gasteiger partial charge in [0.2, 0.25) is 0 Å². The molecule has 0 aliphatic rings. The molecule has 0 N–H and O–H groups in total. The number of hydrogen-bond donors (Lipinski definition) is 0. The van der Waals surface area contributed by atoms with Gasteiger partial charge in [0.05, 0.1) is 23.6 Å². The van der Waals surface area contributed by atoms with Crippen molar-refractivity contribution in [3.05, 3.63) is 6.33 Å². The van der Waals surface area contributed by atoms with Crippen LogP contribution in [0.2, 0.25) is 0 Å². The number of tetrazole rings is 1. The van der Waals surface area contributed by atoms with Crippen LogP contribution < -0.4 is 4.05 Å². The molecule has 44 valence electrons. The largest absolute Gasteiger partial charge is 0.164 e. The van der Waals surface area contributed by atoms with Gasteiger partial charge < -0.3 is 0 Å². The third kappa shape index (κ3) is 0.988. The molecular weight excluding hydrogens is 153 g/mol. The fourth-order valence-electron chi connectivity index (χ4n) is 0.226. The number of rotatable bonds is 1. The second kappa shape index (κ2) is 2.15. The lowest BCUT2D eigenvalue weighted by Gasteiger charge is -1.98. The fourth-order valence-corrected chi connectivity index (χ4v) is 0.364. The van der Waals surface area contributed by atoms with Gasteiger partial charge in [-0.15, -0.1) is 13.9 Å². The third-order valence-corrected chi connectivity index (χ3v) is 0.803. The molecule has 5 nitrogen and oxygen atoms in total. The first-order valence-electron chi connectivity index (χ1n) is 1.65. The number of nitrogens with zero attached hydrogens (tertiary/aromatic N) is 5. The summed E-state index contributed by atoms with van der Waals surface area (Å²) in [5.74, 6) is 0. The summed E-state index contributed by atoms with van der Waals surface area (Å²) in [4.78, 5) is 1.06. The lowest BCUT2D eigenvalue weighted by molar-refractivity contribution is 0.713. The van der Waals surface area contributed by atoms with Crippen LogP contribution in [0.1, 0.15) is 0 Å². The zero-order valence-electron chi connectivity index (χ0n) is 3.57. The summed E-state index contributed by atoms with van der Waals surface area (Å²) in [6.45, 7) is 0. The Hall–Kier alpha value is -0.550. The van der Waals surface area contributed by atoms with Gasteiger partial charge in [-0.25, -0.2) is 0 Å². The minimum absolute atomic E-state index is 0.708. The summed E-state index contributed by atoms with van der Waals surface area (Å²) in [7, 11) is 0. The summed E-state index contributed by atoms with van der Waals surface area (Å²) in [6, 6.07) is 0. The molecule has 0 aliphatic heterocycles. The maximum Gasteiger partial charge on any atom is 0.164 e. The highest BCUT2D eigenvalue weighted by molar-refractivity contribution is 6.45. The molecule has 8 heavy (non-hydrogen) atoms. The van der Waals surface area contributed by atoms with Gasteiger partial charge in [0.1, 0.15) is 0 Å². The molecule has 1 aromatic heterocycles. The smallest absolute Gasteiger partial charge is 0.115 e. The van der Waals surface area contributed by atoms with Crippen LogP contribution in [-0.2, 0) is 0 Å². The van der Waals surface area contributed by atoms with Gasteiger partial charge in [-0.2, -0.15) is 0 Å². The van der Waals surface area contributed by atoms with Gasteiger partial charge in [0, 0.05) is 0 Å². The highest BCUT2D eigenvalue weighted by Gasteiger charge is 1.94. The third-order valence-electron chi connectivity index (χ3n) is 0.493. The van der Waals surface area contributed by atoms with Crippen molar-refractivity contribution in [3.63, 3.8) is 0 Å². The zero-order valence-corrected chi connectivity index (χ0v) is 5.08. The molecule has 0 atom stereocenters. The predicted octanol–water partition coefficient (Wildman–Crippen LogP) is -0.0813. The van der Waals surface area contributed by atoms with E-state index in [2.05, 4.69) is 15.5 Å². The molecule has 7 heteroatoms. The monoisotopic (exact) mass is 153 g/mol. The van der Waals surface area contributed by atoms with Gasteiger partial charge in [0.15, 0.2) is 6.33 Å². The van der Waals surface area contributed by atoms with Crippen molar-refractivity contribution in [2.24, 2.45) is 0 Å². The first-order valence-corrected chi connectivity index (χ1v) is 2.33. The van der Waals surface area contributed by atoms with Crippen molar-refractivity contribution >= 4 is 23.6 Å². The summed E-state index contributed by atoms with van der Waals surface area (Å²) in [6.07, 6.45) is 1.26.